The van der Waals surface area contributed by atoms with Gasteiger partial charge in [0.1, 0.15) is 0 Å². The highest BCUT2D eigenvalue weighted by molar-refractivity contribution is 6.98. The Morgan fingerprint density at radius 3 is 1.47 bits per heavy atom. The Balaban J connectivity index is 3.32. The SMILES string of the molecule is C=C[Si]1(C(C)C)O[Si](C)(CC)O[Si](C=C)(C(C)C)O1. The van der Waals surface area contributed by atoms with Crippen LogP contribution in [0.25, 0.3) is 0 Å². The summed E-state index contributed by atoms with van der Waals surface area (Å²) in [4.78, 5) is 0. The van der Waals surface area contributed by atoms with Crippen molar-refractivity contribution in [2.75, 3.05) is 0 Å². The highest BCUT2D eigenvalue weighted by atomic mass is 28.5. The molecule has 0 amide bonds. The lowest BCUT2D eigenvalue weighted by Crippen LogP contribution is -2.70. The van der Waals surface area contributed by atoms with Crippen LogP contribution >= 0.6 is 0 Å². The second-order valence-corrected chi connectivity index (χ2v) is 17.4. The molecule has 19 heavy (non-hydrogen) atoms. The fourth-order valence-corrected chi connectivity index (χ4v) is 18.5. The van der Waals surface area contributed by atoms with Crippen LogP contribution in [0.3, 0.4) is 0 Å². The van der Waals surface area contributed by atoms with Gasteiger partial charge in [-0.05, 0) is 23.7 Å². The summed E-state index contributed by atoms with van der Waals surface area (Å²) < 4.78 is 19.4. The summed E-state index contributed by atoms with van der Waals surface area (Å²) in [6, 6.07) is 0.932. The molecule has 0 saturated carbocycles. The van der Waals surface area contributed by atoms with Crippen molar-refractivity contribution in [1.82, 2.24) is 0 Å². The Kier molecular flexibility index (Phi) is 5.20. The molecule has 0 bridgehead atoms. The first-order valence-corrected chi connectivity index (χ1v) is 13.5. The molecule has 1 aliphatic rings. The predicted molar refractivity (Wildman–Crippen MR) is 87.5 cm³/mol. The molecule has 0 radical (unpaired) electrons. The van der Waals surface area contributed by atoms with E-state index in [-0.39, 0.29) is 0 Å². The third kappa shape index (κ3) is 3.03. The van der Waals surface area contributed by atoms with E-state index in [1.165, 1.54) is 0 Å². The first kappa shape index (κ1) is 17.1. The monoisotopic (exact) mass is 316 g/mol. The summed E-state index contributed by atoms with van der Waals surface area (Å²) in [5, 5.41) is 0. The van der Waals surface area contributed by atoms with Gasteiger partial charge in [0.05, 0.1) is 0 Å². The normalized spacial score (nSPS) is 39.6. The molecule has 2 unspecified atom stereocenters. The van der Waals surface area contributed by atoms with Crippen LogP contribution < -0.4 is 0 Å². The molecule has 0 aromatic carbocycles. The van der Waals surface area contributed by atoms with Crippen LogP contribution in [-0.4, -0.2) is 25.7 Å². The van der Waals surface area contributed by atoms with Gasteiger partial charge < -0.3 is 12.3 Å². The maximum absolute atomic E-state index is 6.51. The van der Waals surface area contributed by atoms with Crippen molar-refractivity contribution in [3.63, 3.8) is 0 Å². The highest BCUT2D eigenvalue weighted by Gasteiger charge is 2.60. The molecule has 6 heteroatoms. The average Bonchev–Trinajstić information content (AvgIpc) is 2.37. The third-order valence-corrected chi connectivity index (χ3v) is 18.1. The second-order valence-electron chi connectivity index (χ2n) is 5.95. The van der Waals surface area contributed by atoms with Gasteiger partial charge in [-0.3, -0.25) is 0 Å². The quantitative estimate of drug-likeness (QED) is 0.708. The molecular weight excluding hydrogens is 288 g/mol. The molecule has 1 aliphatic heterocycles. The van der Waals surface area contributed by atoms with E-state index in [1.54, 1.807) is 0 Å². The van der Waals surface area contributed by atoms with Gasteiger partial charge in [-0.15, -0.1) is 13.2 Å². The van der Waals surface area contributed by atoms with Crippen molar-refractivity contribution in [3.8, 4) is 0 Å². The zero-order valence-electron chi connectivity index (χ0n) is 13.2. The van der Waals surface area contributed by atoms with Crippen LogP contribution in [0.15, 0.2) is 24.6 Å². The molecule has 0 aliphatic carbocycles. The molecule has 1 heterocycles. The van der Waals surface area contributed by atoms with Crippen LogP contribution in [-0.2, 0) is 12.3 Å². The highest BCUT2D eigenvalue weighted by Crippen LogP contribution is 2.43. The lowest BCUT2D eigenvalue weighted by Gasteiger charge is -2.53. The molecule has 0 aromatic heterocycles. The van der Waals surface area contributed by atoms with E-state index in [0.717, 1.165) is 6.04 Å². The van der Waals surface area contributed by atoms with E-state index in [9.17, 15) is 0 Å². The molecule has 1 fully saturated rings. The molecule has 2 atom stereocenters. The molecule has 3 nitrogen and oxygen atoms in total. The van der Waals surface area contributed by atoms with Crippen molar-refractivity contribution in [1.29, 1.82) is 0 Å². The topological polar surface area (TPSA) is 27.7 Å². The van der Waals surface area contributed by atoms with Gasteiger partial charge in [-0.2, -0.15) is 0 Å². The summed E-state index contributed by atoms with van der Waals surface area (Å²) in [6.45, 7) is 20.9. The summed E-state index contributed by atoms with van der Waals surface area (Å²) >= 11 is 0. The minimum absolute atomic E-state index is 0.331. The molecule has 0 N–H and O–H groups in total. The van der Waals surface area contributed by atoms with Gasteiger partial charge in [-0.25, -0.2) is 0 Å². The van der Waals surface area contributed by atoms with Crippen LogP contribution in [0.5, 0.6) is 0 Å². The van der Waals surface area contributed by atoms with E-state index in [2.05, 4.69) is 54.3 Å². The van der Waals surface area contributed by atoms with Crippen LogP contribution in [0, 0.1) is 0 Å². The van der Waals surface area contributed by atoms with Crippen molar-refractivity contribution >= 4 is 25.7 Å². The standard InChI is InChI=1S/C13H28O3Si3/c1-9-17(8)14-18(10-2,12(4)5)16-19(11-3,15-17)13(6)7/h10-13H,2-3,9H2,1,4-8H3. The largest absolute Gasteiger partial charge is 0.412 e. The van der Waals surface area contributed by atoms with E-state index in [4.69, 9.17) is 12.3 Å². The molecule has 0 aromatic rings. The van der Waals surface area contributed by atoms with Crippen molar-refractivity contribution in [2.24, 2.45) is 0 Å². The molecule has 1 saturated heterocycles. The summed E-state index contributed by atoms with van der Waals surface area (Å²) in [6.07, 6.45) is 0. The minimum Gasteiger partial charge on any atom is -0.412 e. The van der Waals surface area contributed by atoms with E-state index < -0.39 is 25.7 Å². The van der Waals surface area contributed by atoms with E-state index in [0.29, 0.717) is 11.1 Å². The van der Waals surface area contributed by atoms with Crippen LogP contribution in [0.2, 0.25) is 23.7 Å². The Morgan fingerprint density at radius 1 is 0.895 bits per heavy atom. The van der Waals surface area contributed by atoms with Gasteiger partial charge in [-0.1, -0.05) is 46.0 Å². The Hall–Kier alpha value is 0.0106. The molecular formula is C13H28O3Si3. The van der Waals surface area contributed by atoms with Crippen LogP contribution in [0.1, 0.15) is 34.6 Å². The Labute approximate surface area is 121 Å². The maximum Gasteiger partial charge on any atom is 0.349 e. The second kappa shape index (κ2) is 5.79. The summed E-state index contributed by atoms with van der Waals surface area (Å²) in [7, 11) is -7.03. The van der Waals surface area contributed by atoms with E-state index in [1.807, 2.05) is 11.4 Å². The zero-order valence-corrected chi connectivity index (χ0v) is 16.2. The zero-order chi connectivity index (χ0) is 14.9. The van der Waals surface area contributed by atoms with Crippen molar-refractivity contribution in [2.45, 2.75) is 58.3 Å². The predicted octanol–water partition coefficient (Wildman–Crippen LogP) is 4.30. The average molecular weight is 317 g/mol. The van der Waals surface area contributed by atoms with Crippen LogP contribution in [0.4, 0.5) is 0 Å². The smallest absolute Gasteiger partial charge is 0.349 e. The summed E-state index contributed by atoms with van der Waals surface area (Å²) in [5.74, 6) is 0. The molecule has 1 rings (SSSR count). The van der Waals surface area contributed by atoms with Gasteiger partial charge in [0, 0.05) is 0 Å². The van der Waals surface area contributed by atoms with Gasteiger partial charge in [0.2, 0.25) is 0 Å². The Morgan fingerprint density at radius 2 is 1.26 bits per heavy atom. The fraction of sp³-hybridized carbons (Fsp3) is 0.692. The lowest BCUT2D eigenvalue weighted by atomic mass is 10.6. The number of rotatable bonds is 5. The summed E-state index contributed by atoms with van der Waals surface area (Å²) in [5.41, 5.74) is 4.54. The molecule has 110 valence electrons. The van der Waals surface area contributed by atoms with Gasteiger partial charge >= 0.3 is 25.7 Å². The van der Waals surface area contributed by atoms with Crippen molar-refractivity contribution in [3.05, 3.63) is 24.6 Å². The lowest BCUT2D eigenvalue weighted by molar-refractivity contribution is 0.219. The fourth-order valence-electron chi connectivity index (χ4n) is 2.24. The first-order valence-electron chi connectivity index (χ1n) is 7.07. The van der Waals surface area contributed by atoms with Gasteiger partial charge in [0.25, 0.3) is 0 Å². The van der Waals surface area contributed by atoms with Crippen molar-refractivity contribution < 1.29 is 12.3 Å². The number of hydrogen-bond donors (Lipinski definition) is 0. The maximum atomic E-state index is 6.51. The third-order valence-electron chi connectivity index (χ3n) is 3.89. The first-order chi connectivity index (χ1) is 8.69. The number of hydrogen-bond acceptors (Lipinski definition) is 3. The van der Waals surface area contributed by atoms with E-state index >= 15 is 0 Å². The van der Waals surface area contributed by atoms with Gasteiger partial charge in [0.15, 0.2) is 0 Å². The minimum atomic E-state index is -2.42. The Bertz CT molecular complexity index is 331. The molecule has 0 spiro atoms.